The SMILES string of the molecule is COc1ccc(F)cc1CCc1cc(/C(C)=N/OC(C)C)c(=O)n(C[C@@H](CCCC(=O)C(=O)NC(C)(C)C)C(C)C)n1. The van der Waals surface area contributed by atoms with Crippen LogP contribution < -0.4 is 15.6 Å². The van der Waals surface area contributed by atoms with Crippen molar-refractivity contribution >= 4 is 17.4 Å². The Labute approximate surface area is 248 Å². The molecule has 0 spiro atoms. The lowest BCUT2D eigenvalue weighted by molar-refractivity contribution is -0.138. The van der Waals surface area contributed by atoms with Gasteiger partial charge in [-0.05, 0) is 109 Å². The van der Waals surface area contributed by atoms with Crippen molar-refractivity contribution in [3.63, 3.8) is 0 Å². The van der Waals surface area contributed by atoms with E-state index in [9.17, 15) is 18.8 Å². The summed E-state index contributed by atoms with van der Waals surface area (Å²) in [4.78, 5) is 43.6. The Morgan fingerprint density at radius 3 is 2.40 bits per heavy atom. The first-order valence-electron chi connectivity index (χ1n) is 14.6. The molecule has 0 saturated heterocycles. The lowest BCUT2D eigenvalue weighted by Gasteiger charge is -2.22. The summed E-state index contributed by atoms with van der Waals surface area (Å²) in [5.41, 5.74) is 1.39. The molecule has 0 aliphatic heterocycles. The molecule has 1 aromatic heterocycles. The van der Waals surface area contributed by atoms with E-state index in [0.29, 0.717) is 60.5 Å². The number of ketones is 1. The van der Waals surface area contributed by atoms with Crippen molar-refractivity contribution in [1.29, 1.82) is 0 Å². The highest BCUT2D eigenvalue weighted by Gasteiger charge is 2.22. The maximum absolute atomic E-state index is 13.9. The van der Waals surface area contributed by atoms with Crippen LogP contribution in [0, 0.1) is 17.7 Å². The summed E-state index contributed by atoms with van der Waals surface area (Å²) in [6.07, 6.45) is 2.03. The van der Waals surface area contributed by atoms with Crippen molar-refractivity contribution in [3.05, 3.63) is 57.3 Å². The highest BCUT2D eigenvalue weighted by molar-refractivity contribution is 6.36. The molecule has 1 heterocycles. The minimum absolute atomic E-state index is 0.0317. The lowest BCUT2D eigenvalue weighted by Crippen LogP contribution is -2.44. The molecule has 0 unspecified atom stereocenters. The fourth-order valence-electron chi connectivity index (χ4n) is 4.45. The van der Waals surface area contributed by atoms with Crippen LogP contribution in [-0.2, 0) is 33.8 Å². The monoisotopic (exact) mass is 586 g/mol. The Balaban J connectivity index is 2.32. The number of amides is 1. The van der Waals surface area contributed by atoms with Gasteiger partial charge in [-0.1, -0.05) is 19.0 Å². The van der Waals surface area contributed by atoms with Crippen LogP contribution in [0.5, 0.6) is 5.75 Å². The van der Waals surface area contributed by atoms with Gasteiger partial charge in [-0.25, -0.2) is 9.07 Å². The van der Waals surface area contributed by atoms with Crippen molar-refractivity contribution in [1.82, 2.24) is 15.1 Å². The molecule has 1 aromatic carbocycles. The zero-order chi connectivity index (χ0) is 31.6. The van der Waals surface area contributed by atoms with Gasteiger partial charge in [0.15, 0.2) is 0 Å². The van der Waals surface area contributed by atoms with E-state index in [4.69, 9.17) is 9.57 Å². The number of aryl methyl sites for hydroxylation is 2. The molecule has 0 bridgehead atoms. The Bertz CT molecular complexity index is 1310. The number of halogens is 1. The van der Waals surface area contributed by atoms with Crippen molar-refractivity contribution in [2.45, 2.75) is 106 Å². The summed E-state index contributed by atoms with van der Waals surface area (Å²) in [5.74, 6) is -0.570. The van der Waals surface area contributed by atoms with E-state index < -0.39 is 17.2 Å². The number of Topliss-reactive ketones (excluding diaryl/α,β-unsaturated/α-hetero) is 1. The summed E-state index contributed by atoms with van der Waals surface area (Å²) < 4.78 is 20.8. The van der Waals surface area contributed by atoms with Crippen molar-refractivity contribution in [3.8, 4) is 5.75 Å². The number of aromatic nitrogens is 2. The van der Waals surface area contributed by atoms with Crippen molar-refractivity contribution in [2.75, 3.05) is 7.11 Å². The van der Waals surface area contributed by atoms with Gasteiger partial charge in [0.25, 0.3) is 11.5 Å². The molecular weight excluding hydrogens is 539 g/mol. The van der Waals surface area contributed by atoms with Crippen LogP contribution in [0.25, 0.3) is 0 Å². The van der Waals surface area contributed by atoms with Crippen LogP contribution in [0.1, 0.15) is 91.5 Å². The largest absolute Gasteiger partial charge is 0.496 e. The van der Waals surface area contributed by atoms with Gasteiger partial charge in [0, 0.05) is 18.5 Å². The van der Waals surface area contributed by atoms with Crippen molar-refractivity contribution in [2.24, 2.45) is 17.0 Å². The zero-order valence-electron chi connectivity index (χ0n) is 26.5. The maximum Gasteiger partial charge on any atom is 0.287 e. The number of benzene rings is 1. The summed E-state index contributed by atoms with van der Waals surface area (Å²) in [7, 11) is 1.54. The predicted molar refractivity (Wildman–Crippen MR) is 162 cm³/mol. The van der Waals surface area contributed by atoms with E-state index in [1.54, 1.807) is 26.2 Å². The van der Waals surface area contributed by atoms with Crippen LogP contribution in [0.4, 0.5) is 4.39 Å². The molecular formula is C32H47FN4O5. The summed E-state index contributed by atoms with van der Waals surface area (Å²) >= 11 is 0. The average molecular weight is 587 g/mol. The average Bonchev–Trinajstić information content (AvgIpc) is 2.90. The number of hydrogen-bond acceptors (Lipinski definition) is 7. The van der Waals surface area contributed by atoms with Gasteiger partial charge < -0.3 is 14.9 Å². The highest BCUT2D eigenvalue weighted by atomic mass is 19.1. The quantitative estimate of drug-likeness (QED) is 0.173. The fourth-order valence-corrected chi connectivity index (χ4v) is 4.45. The second-order valence-corrected chi connectivity index (χ2v) is 12.3. The Morgan fingerprint density at radius 2 is 1.81 bits per heavy atom. The number of hydrogen-bond donors (Lipinski definition) is 1. The minimum atomic E-state index is -0.577. The third-order valence-electron chi connectivity index (χ3n) is 6.78. The topological polar surface area (TPSA) is 112 Å². The second-order valence-electron chi connectivity index (χ2n) is 12.3. The molecule has 9 nitrogen and oxygen atoms in total. The highest BCUT2D eigenvalue weighted by Crippen LogP contribution is 2.22. The van der Waals surface area contributed by atoms with Crippen LogP contribution in [0.15, 0.2) is 34.2 Å². The third-order valence-corrected chi connectivity index (χ3v) is 6.78. The van der Waals surface area contributed by atoms with Gasteiger partial charge in [0.1, 0.15) is 17.7 Å². The first-order chi connectivity index (χ1) is 19.6. The first kappa shape index (κ1) is 34.6. The smallest absolute Gasteiger partial charge is 0.287 e. The third kappa shape index (κ3) is 11.0. The molecule has 0 aliphatic carbocycles. The van der Waals surface area contributed by atoms with Gasteiger partial charge in [-0.2, -0.15) is 5.10 Å². The first-order valence-corrected chi connectivity index (χ1v) is 14.6. The number of carbonyl (C=O) groups excluding carboxylic acids is 2. The maximum atomic E-state index is 13.9. The summed E-state index contributed by atoms with van der Waals surface area (Å²) in [5, 5.41) is 11.5. The predicted octanol–water partition coefficient (Wildman–Crippen LogP) is 5.25. The molecule has 232 valence electrons. The van der Waals surface area contributed by atoms with Crippen LogP contribution >= 0.6 is 0 Å². The zero-order valence-corrected chi connectivity index (χ0v) is 26.5. The second kappa shape index (κ2) is 15.6. The van der Waals surface area contributed by atoms with E-state index in [1.165, 1.54) is 16.8 Å². The molecule has 2 aromatic rings. The fraction of sp³-hybridized carbons (Fsp3) is 0.594. The normalized spacial score (nSPS) is 12.9. The molecule has 0 saturated carbocycles. The summed E-state index contributed by atoms with van der Waals surface area (Å²) in [6, 6.07) is 6.10. The van der Waals surface area contributed by atoms with Crippen LogP contribution in [0.3, 0.4) is 0 Å². The Hall–Kier alpha value is -3.56. The number of rotatable bonds is 15. The minimum Gasteiger partial charge on any atom is -0.496 e. The van der Waals surface area contributed by atoms with Crippen LogP contribution in [0.2, 0.25) is 0 Å². The molecule has 0 radical (unpaired) electrons. The van der Waals surface area contributed by atoms with E-state index in [-0.39, 0.29) is 35.7 Å². The van der Waals surface area contributed by atoms with Gasteiger partial charge in [-0.3, -0.25) is 14.4 Å². The van der Waals surface area contributed by atoms with E-state index in [0.717, 1.165) is 0 Å². The standard InChI is InChI=1S/C32H47FN4O5/c1-20(2)24(11-10-12-28(38)30(39)34-32(6,7)8)19-37-31(40)27(22(5)36-42-21(3)4)18-26(35-37)15-13-23-17-25(33)14-16-29(23)41-9/h14,16-18,20-21,24H,10-13,15,19H2,1-9H3,(H,34,39)/b36-22+/t24-/m1/s1. The number of ether oxygens (including phenoxy) is 1. The van der Waals surface area contributed by atoms with E-state index >= 15 is 0 Å². The lowest BCUT2D eigenvalue weighted by atomic mass is 9.90. The van der Waals surface area contributed by atoms with Crippen molar-refractivity contribution < 1.29 is 23.6 Å². The molecule has 1 amide bonds. The molecule has 1 N–H and O–H groups in total. The number of oxime groups is 1. The molecule has 1 atom stereocenters. The molecule has 42 heavy (non-hydrogen) atoms. The Morgan fingerprint density at radius 1 is 1.12 bits per heavy atom. The van der Waals surface area contributed by atoms with Gasteiger partial charge in [0.2, 0.25) is 5.78 Å². The van der Waals surface area contributed by atoms with Gasteiger partial charge >= 0.3 is 0 Å². The van der Waals surface area contributed by atoms with Gasteiger partial charge in [0.05, 0.1) is 24.1 Å². The van der Waals surface area contributed by atoms with E-state index in [1.807, 2.05) is 34.6 Å². The molecule has 10 heteroatoms. The number of methoxy groups -OCH3 is 1. The molecule has 2 rings (SSSR count). The molecule has 0 aliphatic rings. The van der Waals surface area contributed by atoms with E-state index in [2.05, 4.69) is 29.4 Å². The van der Waals surface area contributed by atoms with Gasteiger partial charge in [-0.15, -0.1) is 0 Å². The molecule has 0 fully saturated rings. The Kier molecular flexibility index (Phi) is 12.9. The number of carbonyl (C=O) groups is 2. The number of nitrogens with zero attached hydrogens (tertiary/aromatic N) is 3. The van der Waals surface area contributed by atoms with Crippen LogP contribution in [-0.4, -0.2) is 45.9 Å². The number of nitrogens with one attached hydrogen (secondary N) is 1. The summed E-state index contributed by atoms with van der Waals surface area (Å²) in [6.45, 7) is 15.4.